The molecule has 1 heterocycles. The zero-order valence-corrected chi connectivity index (χ0v) is 18.1. The fourth-order valence-corrected chi connectivity index (χ4v) is 3.42. The average Bonchev–Trinajstić information content (AvgIpc) is 3.31. The van der Waals surface area contributed by atoms with Crippen molar-refractivity contribution in [3.05, 3.63) is 60.2 Å². The highest BCUT2D eigenvalue weighted by atomic mass is 16.7. The fourth-order valence-electron chi connectivity index (χ4n) is 3.42. The standard InChI is InChI=1S/C25H33NO5/c27-25(26-20-21-11-6-5-7-12-21)31-23-14-10-13-22(19-23)28-16-9-4-2-1-3-8-15-24-29-17-18-30-24/h5-7,10-14,19,24H,1-4,8-9,15-18,20H2,(H,26,27). The number of nitrogens with one attached hydrogen (secondary N) is 1. The maximum atomic E-state index is 12.0. The van der Waals surface area contributed by atoms with Crippen molar-refractivity contribution >= 4 is 6.09 Å². The Morgan fingerprint density at radius 3 is 2.39 bits per heavy atom. The summed E-state index contributed by atoms with van der Waals surface area (Å²) in [7, 11) is 0. The Kier molecular flexibility index (Phi) is 10.2. The van der Waals surface area contributed by atoms with Crippen LogP contribution in [0.2, 0.25) is 0 Å². The van der Waals surface area contributed by atoms with E-state index in [1.54, 1.807) is 12.1 Å². The molecule has 2 aromatic carbocycles. The number of hydrogen-bond donors (Lipinski definition) is 1. The lowest BCUT2D eigenvalue weighted by atomic mass is 10.1. The molecule has 168 valence electrons. The number of hydrogen-bond acceptors (Lipinski definition) is 5. The summed E-state index contributed by atoms with van der Waals surface area (Å²) >= 11 is 0. The molecule has 1 saturated heterocycles. The molecule has 0 unspecified atom stereocenters. The maximum Gasteiger partial charge on any atom is 0.412 e. The van der Waals surface area contributed by atoms with Crippen molar-refractivity contribution in [1.82, 2.24) is 5.32 Å². The summed E-state index contributed by atoms with van der Waals surface area (Å²) in [6, 6.07) is 16.9. The summed E-state index contributed by atoms with van der Waals surface area (Å²) in [5.74, 6) is 1.18. The van der Waals surface area contributed by atoms with Crippen molar-refractivity contribution < 1.29 is 23.7 Å². The molecule has 1 fully saturated rings. The van der Waals surface area contributed by atoms with Gasteiger partial charge in [0.15, 0.2) is 6.29 Å². The molecule has 31 heavy (non-hydrogen) atoms. The van der Waals surface area contributed by atoms with E-state index >= 15 is 0 Å². The van der Waals surface area contributed by atoms with Crippen LogP contribution in [0.15, 0.2) is 54.6 Å². The van der Waals surface area contributed by atoms with Crippen LogP contribution in [0, 0.1) is 0 Å². The first kappa shape index (κ1) is 23.1. The van der Waals surface area contributed by atoms with Gasteiger partial charge >= 0.3 is 6.09 Å². The van der Waals surface area contributed by atoms with E-state index in [9.17, 15) is 4.79 Å². The molecule has 1 amide bonds. The van der Waals surface area contributed by atoms with E-state index in [1.165, 1.54) is 19.3 Å². The third-order valence-corrected chi connectivity index (χ3v) is 5.09. The summed E-state index contributed by atoms with van der Waals surface area (Å²) in [4.78, 5) is 12.0. The number of rotatable bonds is 13. The van der Waals surface area contributed by atoms with E-state index in [0.29, 0.717) is 24.7 Å². The minimum absolute atomic E-state index is 0.0306. The molecule has 0 atom stereocenters. The number of ether oxygens (including phenoxy) is 4. The Hall–Kier alpha value is -2.57. The van der Waals surface area contributed by atoms with Crippen molar-refractivity contribution in [3.8, 4) is 11.5 Å². The first-order chi connectivity index (χ1) is 15.3. The average molecular weight is 428 g/mol. The third-order valence-electron chi connectivity index (χ3n) is 5.09. The zero-order valence-electron chi connectivity index (χ0n) is 18.1. The van der Waals surface area contributed by atoms with Gasteiger partial charge < -0.3 is 24.3 Å². The van der Waals surface area contributed by atoms with E-state index in [4.69, 9.17) is 18.9 Å². The smallest absolute Gasteiger partial charge is 0.412 e. The van der Waals surface area contributed by atoms with Gasteiger partial charge in [0.2, 0.25) is 0 Å². The van der Waals surface area contributed by atoms with Gasteiger partial charge in [-0.15, -0.1) is 0 Å². The quantitative estimate of drug-likeness (QED) is 0.430. The number of carbonyl (C=O) groups is 1. The van der Waals surface area contributed by atoms with Gasteiger partial charge in [0.25, 0.3) is 0 Å². The SMILES string of the molecule is O=C(NCc1ccccc1)Oc1cccc(OCCCCCCCCC2OCCO2)c1. The minimum atomic E-state index is -0.480. The van der Waals surface area contributed by atoms with Crippen LogP contribution in [-0.2, 0) is 16.0 Å². The van der Waals surface area contributed by atoms with Gasteiger partial charge in [-0.05, 0) is 37.0 Å². The zero-order chi connectivity index (χ0) is 21.6. The predicted octanol–water partition coefficient (Wildman–Crippen LogP) is 5.46. The van der Waals surface area contributed by atoms with Gasteiger partial charge in [-0.3, -0.25) is 0 Å². The molecule has 2 aromatic rings. The Bertz CT molecular complexity index is 762. The fraction of sp³-hybridized carbons (Fsp3) is 0.480. The van der Waals surface area contributed by atoms with Crippen LogP contribution in [0.5, 0.6) is 11.5 Å². The Labute approximate surface area is 184 Å². The van der Waals surface area contributed by atoms with Gasteiger partial charge in [0, 0.05) is 12.6 Å². The van der Waals surface area contributed by atoms with Crippen LogP contribution in [0.3, 0.4) is 0 Å². The maximum absolute atomic E-state index is 12.0. The summed E-state index contributed by atoms with van der Waals surface area (Å²) < 4.78 is 22.0. The molecular weight excluding hydrogens is 394 g/mol. The molecule has 1 N–H and O–H groups in total. The van der Waals surface area contributed by atoms with Crippen molar-refractivity contribution in [3.63, 3.8) is 0 Å². The Morgan fingerprint density at radius 1 is 0.871 bits per heavy atom. The van der Waals surface area contributed by atoms with Gasteiger partial charge in [-0.25, -0.2) is 4.79 Å². The minimum Gasteiger partial charge on any atom is -0.493 e. The molecule has 0 saturated carbocycles. The van der Waals surface area contributed by atoms with Gasteiger partial charge in [-0.1, -0.05) is 62.1 Å². The van der Waals surface area contributed by atoms with Crippen LogP contribution < -0.4 is 14.8 Å². The summed E-state index contributed by atoms with van der Waals surface area (Å²) in [5, 5.41) is 2.75. The van der Waals surface area contributed by atoms with Crippen LogP contribution >= 0.6 is 0 Å². The van der Waals surface area contributed by atoms with E-state index in [0.717, 1.165) is 44.5 Å². The van der Waals surface area contributed by atoms with E-state index < -0.39 is 6.09 Å². The highest BCUT2D eigenvalue weighted by Crippen LogP contribution is 2.20. The largest absolute Gasteiger partial charge is 0.493 e. The van der Waals surface area contributed by atoms with Crippen molar-refractivity contribution in [2.24, 2.45) is 0 Å². The molecule has 1 aliphatic heterocycles. The Balaban J connectivity index is 1.23. The molecule has 0 bridgehead atoms. The molecule has 0 aromatic heterocycles. The molecular formula is C25H33NO5. The first-order valence-electron chi connectivity index (χ1n) is 11.3. The van der Waals surface area contributed by atoms with Crippen LogP contribution in [0.4, 0.5) is 4.79 Å². The molecule has 1 aliphatic rings. The summed E-state index contributed by atoms with van der Waals surface area (Å²) in [6.45, 7) is 2.56. The van der Waals surface area contributed by atoms with Crippen molar-refractivity contribution in [2.45, 2.75) is 57.8 Å². The highest BCUT2D eigenvalue weighted by Gasteiger charge is 2.14. The lowest BCUT2D eigenvalue weighted by Crippen LogP contribution is -2.26. The van der Waals surface area contributed by atoms with Gasteiger partial charge in [0.05, 0.1) is 19.8 Å². The van der Waals surface area contributed by atoms with Crippen LogP contribution in [0.1, 0.15) is 50.5 Å². The third kappa shape index (κ3) is 9.40. The second-order valence-corrected chi connectivity index (χ2v) is 7.63. The number of unbranched alkanes of at least 4 members (excludes halogenated alkanes) is 5. The van der Waals surface area contributed by atoms with E-state index in [2.05, 4.69) is 5.32 Å². The number of benzene rings is 2. The lowest BCUT2D eigenvalue weighted by Gasteiger charge is -2.10. The molecule has 6 nitrogen and oxygen atoms in total. The molecule has 6 heteroatoms. The Morgan fingerprint density at radius 2 is 1.58 bits per heavy atom. The molecule has 0 radical (unpaired) electrons. The normalized spacial score (nSPS) is 13.8. The predicted molar refractivity (Wildman–Crippen MR) is 119 cm³/mol. The summed E-state index contributed by atoms with van der Waals surface area (Å²) in [6.07, 6.45) is 7.53. The number of amides is 1. The molecule has 0 aliphatic carbocycles. The second kappa shape index (κ2) is 13.7. The monoisotopic (exact) mass is 427 g/mol. The van der Waals surface area contributed by atoms with Crippen LogP contribution in [-0.4, -0.2) is 32.2 Å². The van der Waals surface area contributed by atoms with Crippen molar-refractivity contribution in [1.29, 1.82) is 0 Å². The number of carbonyl (C=O) groups excluding carboxylic acids is 1. The first-order valence-corrected chi connectivity index (χ1v) is 11.3. The molecule has 0 spiro atoms. The van der Waals surface area contributed by atoms with Gasteiger partial charge in [-0.2, -0.15) is 0 Å². The highest BCUT2D eigenvalue weighted by molar-refractivity contribution is 5.70. The van der Waals surface area contributed by atoms with E-state index in [1.807, 2.05) is 42.5 Å². The van der Waals surface area contributed by atoms with Crippen LogP contribution in [0.25, 0.3) is 0 Å². The molecule has 3 rings (SSSR count). The van der Waals surface area contributed by atoms with Crippen molar-refractivity contribution in [2.75, 3.05) is 19.8 Å². The second-order valence-electron chi connectivity index (χ2n) is 7.63. The van der Waals surface area contributed by atoms with E-state index in [-0.39, 0.29) is 6.29 Å². The summed E-state index contributed by atoms with van der Waals surface area (Å²) in [5.41, 5.74) is 1.02. The topological polar surface area (TPSA) is 66.0 Å². The lowest BCUT2D eigenvalue weighted by molar-refractivity contribution is -0.0480. The van der Waals surface area contributed by atoms with Gasteiger partial charge in [0.1, 0.15) is 11.5 Å².